The summed E-state index contributed by atoms with van der Waals surface area (Å²) < 4.78 is 27.7. The second-order valence-corrected chi connectivity index (χ2v) is 7.60. The number of amides is 1. The molecule has 0 saturated carbocycles. The zero-order valence-corrected chi connectivity index (χ0v) is 12.9. The Balaban J connectivity index is 2.16. The summed E-state index contributed by atoms with van der Waals surface area (Å²) in [5.41, 5.74) is 0.323. The van der Waals surface area contributed by atoms with Gasteiger partial charge in [0.05, 0.1) is 15.6 Å². The van der Waals surface area contributed by atoms with Crippen molar-refractivity contribution in [2.45, 2.75) is 24.3 Å². The molecule has 8 heteroatoms. The molecule has 2 unspecified atom stereocenters. The van der Waals surface area contributed by atoms with Gasteiger partial charge in [-0.05, 0) is 30.5 Å². The van der Waals surface area contributed by atoms with Crippen LogP contribution in [0.4, 0.5) is 5.69 Å². The standard InChI is InChI=1S/C12H13Cl2NO4S/c1-7-4-5-19-11(7)12(16)15-10-3-2-8(6-9(10)13)20(14,17)18/h2-3,6-7,11H,4-5H2,1H3,(H,15,16). The molecule has 1 amide bonds. The van der Waals surface area contributed by atoms with Crippen molar-refractivity contribution in [3.63, 3.8) is 0 Å². The van der Waals surface area contributed by atoms with Gasteiger partial charge in [-0.1, -0.05) is 18.5 Å². The van der Waals surface area contributed by atoms with Gasteiger partial charge in [0, 0.05) is 17.3 Å². The first-order valence-corrected chi connectivity index (χ1v) is 8.64. The van der Waals surface area contributed by atoms with Gasteiger partial charge in [0.2, 0.25) is 0 Å². The highest BCUT2D eigenvalue weighted by molar-refractivity contribution is 8.13. The molecule has 110 valence electrons. The molecule has 0 aliphatic carbocycles. The van der Waals surface area contributed by atoms with Gasteiger partial charge in [-0.25, -0.2) is 8.42 Å². The van der Waals surface area contributed by atoms with Gasteiger partial charge in [-0.3, -0.25) is 4.79 Å². The monoisotopic (exact) mass is 337 g/mol. The highest BCUT2D eigenvalue weighted by Gasteiger charge is 2.31. The fourth-order valence-electron chi connectivity index (χ4n) is 1.98. The quantitative estimate of drug-likeness (QED) is 0.860. The van der Waals surface area contributed by atoms with E-state index in [0.717, 1.165) is 6.42 Å². The molecule has 0 spiro atoms. The number of hydrogen-bond acceptors (Lipinski definition) is 4. The van der Waals surface area contributed by atoms with Crippen molar-refractivity contribution < 1.29 is 17.9 Å². The Hall–Kier alpha value is -0.820. The van der Waals surface area contributed by atoms with Crippen molar-refractivity contribution in [2.75, 3.05) is 11.9 Å². The van der Waals surface area contributed by atoms with Gasteiger partial charge in [-0.15, -0.1) is 0 Å². The average molecular weight is 338 g/mol. The third-order valence-electron chi connectivity index (χ3n) is 3.13. The van der Waals surface area contributed by atoms with Crippen LogP contribution in [0, 0.1) is 5.92 Å². The van der Waals surface area contributed by atoms with Crippen molar-refractivity contribution >= 4 is 42.9 Å². The van der Waals surface area contributed by atoms with E-state index < -0.39 is 15.2 Å². The van der Waals surface area contributed by atoms with E-state index in [1.54, 1.807) is 0 Å². The molecular formula is C12H13Cl2NO4S. The van der Waals surface area contributed by atoms with Crippen molar-refractivity contribution in [1.29, 1.82) is 0 Å². The largest absolute Gasteiger partial charge is 0.368 e. The van der Waals surface area contributed by atoms with Crippen molar-refractivity contribution in [3.05, 3.63) is 23.2 Å². The Labute approximate surface area is 126 Å². The maximum Gasteiger partial charge on any atom is 0.261 e. The SMILES string of the molecule is CC1CCOC1C(=O)Nc1ccc(S(=O)(=O)Cl)cc1Cl. The topological polar surface area (TPSA) is 72.5 Å². The third-order valence-corrected chi connectivity index (χ3v) is 4.79. The lowest BCUT2D eigenvalue weighted by Gasteiger charge is -2.15. The van der Waals surface area contributed by atoms with Gasteiger partial charge >= 0.3 is 0 Å². The van der Waals surface area contributed by atoms with Gasteiger partial charge in [-0.2, -0.15) is 0 Å². The minimum atomic E-state index is -3.84. The molecule has 1 heterocycles. The number of nitrogens with one attached hydrogen (secondary N) is 1. The number of anilines is 1. The molecule has 5 nitrogen and oxygen atoms in total. The van der Waals surface area contributed by atoms with Crippen LogP contribution in [0.25, 0.3) is 0 Å². The number of rotatable bonds is 3. The lowest BCUT2D eigenvalue weighted by atomic mass is 10.0. The van der Waals surface area contributed by atoms with Crippen LogP contribution in [0.1, 0.15) is 13.3 Å². The summed E-state index contributed by atoms with van der Waals surface area (Å²) in [5.74, 6) is -0.158. The van der Waals surface area contributed by atoms with Crippen LogP contribution < -0.4 is 5.32 Å². The maximum absolute atomic E-state index is 12.0. The molecule has 0 radical (unpaired) electrons. The average Bonchev–Trinajstić information content (AvgIpc) is 2.76. The Morgan fingerprint density at radius 2 is 2.15 bits per heavy atom. The number of carbonyl (C=O) groups excluding carboxylic acids is 1. The lowest BCUT2D eigenvalue weighted by molar-refractivity contribution is -0.126. The Morgan fingerprint density at radius 1 is 1.45 bits per heavy atom. The van der Waals surface area contributed by atoms with E-state index >= 15 is 0 Å². The van der Waals surface area contributed by atoms with E-state index in [2.05, 4.69) is 5.32 Å². The highest BCUT2D eigenvalue weighted by atomic mass is 35.7. The molecule has 1 aromatic rings. The summed E-state index contributed by atoms with van der Waals surface area (Å²) >= 11 is 5.94. The van der Waals surface area contributed by atoms with E-state index in [4.69, 9.17) is 27.0 Å². The minimum absolute atomic E-state index is 0.103. The molecule has 1 fully saturated rings. The first-order chi connectivity index (χ1) is 9.29. The molecular weight excluding hydrogens is 325 g/mol. The summed E-state index contributed by atoms with van der Waals surface area (Å²) in [6.45, 7) is 2.48. The summed E-state index contributed by atoms with van der Waals surface area (Å²) in [4.78, 5) is 11.9. The normalized spacial score (nSPS) is 22.8. The van der Waals surface area contributed by atoms with Crippen LogP contribution >= 0.6 is 22.3 Å². The van der Waals surface area contributed by atoms with Crippen LogP contribution in [-0.2, 0) is 18.6 Å². The second-order valence-electron chi connectivity index (χ2n) is 4.63. The number of carbonyl (C=O) groups is 1. The molecule has 1 N–H and O–H groups in total. The molecule has 2 rings (SSSR count). The number of benzene rings is 1. The van der Waals surface area contributed by atoms with Gasteiger partial charge in [0.1, 0.15) is 6.10 Å². The Kier molecular flexibility index (Phi) is 4.59. The predicted molar refractivity (Wildman–Crippen MR) is 76.6 cm³/mol. The van der Waals surface area contributed by atoms with E-state index in [0.29, 0.717) is 12.3 Å². The number of halogens is 2. The van der Waals surface area contributed by atoms with Crippen LogP contribution in [0.2, 0.25) is 5.02 Å². The zero-order valence-electron chi connectivity index (χ0n) is 10.6. The van der Waals surface area contributed by atoms with E-state index in [9.17, 15) is 13.2 Å². The van der Waals surface area contributed by atoms with Gasteiger partial charge in [0.15, 0.2) is 0 Å². The van der Waals surface area contributed by atoms with Crippen LogP contribution in [0.5, 0.6) is 0 Å². The Bertz CT molecular complexity index is 632. The van der Waals surface area contributed by atoms with E-state index in [-0.39, 0.29) is 21.7 Å². The van der Waals surface area contributed by atoms with Gasteiger partial charge in [0.25, 0.3) is 15.0 Å². The first-order valence-electron chi connectivity index (χ1n) is 5.95. The molecule has 1 aliphatic rings. The van der Waals surface area contributed by atoms with Crippen LogP contribution in [0.3, 0.4) is 0 Å². The fourth-order valence-corrected chi connectivity index (χ4v) is 3.05. The smallest absolute Gasteiger partial charge is 0.261 e. The fraction of sp³-hybridized carbons (Fsp3) is 0.417. The van der Waals surface area contributed by atoms with Crippen LogP contribution in [-0.4, -0.2) is 27.0 Å². The molecule has 2 atom stereocenters. The molecule has 20 heavy (non-hydrogen) atoms. The summed E-state index contributed by atoms with van der Waals surface area (Å²) in [5, 5.41) is 2.73. The van der Waals surface area contributed by atoms with Crippen LogP contribution in [0.15, 0.2) is 23.1 Å². The molecule has 1 saturated heterocycles. The number of hydrogen-bond donors (Lipinski definition) is 1. The highest BCUT2D eigenvalue weighted by Crippen LogP contribution is 2.28. The van der Waals surface area contributed by atoms with Crippen molar-refractivity contribution in [3.8, 4) is 0 Å². The number of ether oxygens (including phenoxy) is 1. The maximum atomic E-state index is 12.0. The van der Waals surface area contributed by atoms with Crippen molar-refractivity contribution in [1.82, 2.24) is 0 Å². The summed E-state index contributed by atoms with van der Waals surface area (Å²) in [6.07, 6.45) is 0.317. The predicted octanol–water partition coefficient (Wildman–Crippen LogP) is 2.63. The first kappa shape index (κ1) is 15.6. The van der Waals surface area contributed by atoms with Crippen molar-refractivity contribution in [2.24, 2.45) is 5.92 Å². The summed E-state index contributed by atoms with van der Waals surface area (Å²) in [7, 11) is 1.37. The lowest BCUT2D eigenvalue weighted by Crippen LogP contribution is -2.31. The molecule has 0 aromatic heterocycles. The summed E-state index contributed by atoms with van der Waals surface area (Å²) in [6, 6.07) is 3.87. The Morgan fingerprint density at radius 3 is 2.65 bits per heavy atom. The molecule has 1 aliphatic heterocycles. The van der Waals surface area contributed by atoms with E-state index in [1.807, 2.05) is 6.92 Å². The molecule has 1 aromatic carbocycles. The third kappa shape index (κ3) is 3.44. The van der Waals surface area contributed by atoms with Gasteiger partial charge < -0.3 is 10.1 Å². The zero-order chi connectivity index (χ0) is 14.9. The van der Waals surface area contributed by atoms with E-state index in [1.165, 1.54) is 18.2 Å². The minimum Gasteiger partial charge on any atom is -0.368 e. The second kappa shape index (κ2) is 5.89. The molecule has 0 bridgehead atoms.